The minimum atomic E-state index is 0.794. The van der Waals surface area contributed by atoms with Gasteiger partial charge in [-0.1, -0.05) is 28.1 Å². The number of rotatable bonds is 8. The zero-order chi connectivity index (χ0) is 21.3. The fourth-order valence-corrected chi connectivity index (χ4v) is 3.99. The second-order valence-electron chi connectivity index (χ2n) is 6.64. The molecular weight excluding hydrogens is 460 g/mol. The van der Waals surface area contributed by atoms with Crippen LogP contribution in [0.25, 0.3) is 0 Å². The van der Waals surface area contributed by atoms with E-state index < -0.39 is 0 Å². The van der Waals surface area contributed by atoms with E-state index in [0.717, 1.165) is 40.2 Å². The van der Waals surface area contributed by atoms with Gasteiger partial charge in [-0.25, -0.2) is 0 Å². The maximum Gasteiger partial charge on any atom is 0.210 e. The highest BCUT2D eigenvalue weighted by molar-refractivity contribution is 9.09. The summed E-state index contributed by atoms with van der Waals surface area (Å²) in [5.41, 5.74) is 4.95. The summed E-state index contributed by atoms with van der Waals surface area (Å²) in [5.74, 6) is 0. The fraction of sp³-hybridized carbons (Fsp3) is 0.273. The lowest BCUT2D eigenvalue weighted by Crippen LogP contribution is -2.24. The number of alkyl halides is 1. The molecule has 0 radical (unpaired) electrons. The van der Waals surface area contributed by atoms with Crippen molar-refractivity contribution in [3.8, 4) is 0 Å². The molecule has 0 saturated heterocycles. The first-order chi connectivity index (χ1) is 14.6. The van der Waals surface area contributed by atoms with E-state index >= 15 is 0 Å². The van der Waals surface area contributed by atoms with Gasteiger partial charge >= 0.3 is 0 Å². The molecular formula is C22H25BrN6S. The molecule has 0 saturated carbocycles. The van der Waals surface area contributed by atoms with Gasteiger partial charge in [0.25, 0.3) is 0 Å². The monoisotopic (exact) mass is 484 g/mol. The Morgan fingerprint density at radius 1 is 1.03 bits per heavy atom. The number of hydrogen-bond donors (Lipinski definition) is 0. The second kappa shape index (κ2) is 11.0. The zero-order valence-corrected chi connectivity index (χ0v) is 19.8. The van der Waals surface area contributed by atoms with Gasteiger partial charge in [0.2, 0.25) is 4.80 Å². The van der Waals surface area contributed by atoms with Crippen LogP contribution in [-0.4, -0.2) is 29.2 Å². The van der Waals surface area contributed by atoms with Crippen LogP contribution in [0.5, 0.6) is 0 Å². The Morgan fingerprint density at radius 2 is 1.67 bits per heavy atom. The van der Waals surface area contributed by atoms with E-state index in [9.17, 15) is 0 Å². The van der Waals surface area contributed by atoms with Gasteiger partial charge in [0.05, 0.1) is 17.6 Å². The molecule has 0 bridgehead atoms. The van der Waals surface area contributed by atoms with Crippen molar-refractivity contribution in [3.63, 3.8) is 0 Å². The third-order valence-corrected chi connectivity index (χ3v) is 6.01. The van der Waals surface area contributed by atoms with Gasteiger partial charge in [0, 0.05) is 42.2 Å². The number of azo groups is 1. The molecule has 8 heteroatoms. The minimum absolute atomic E-state index is 0.794. The normalized spacial score (nSPS) is 12.3. The summed E-state index contributed by atoms with van der Waals surface area (Å²) >= 11 is 5.07. The molecule has 1 aromatic heterocycles. The summed E-state index contributed by atoms with van der Waals surface area (Å²) < 4.78 is 2.01. The lowest BCUT2D eigenvalue weighted by atomic mass is 10.2. The number of anilines is 1. The molecule has 3 rings (SSSR count). The highest BCUT2D eigenvalue weighted by atomic mass is 79.9. The highest BCUT2D eigenvalue weighted by Crippen LogP contribution is 2.22. The van der Waals surface area contributed by atoms with E-state index in [1.165, 1.54) is 11.4 Å². The van der Waals surface area contributed by atoms with Crippen LogP contribution in [0.3, 0.4) is 0 Å². The smallest absolute Gasteiger partial charge is 0.210 e. The lowest BCUT2D eigenvalue weighted by Gasteiger charge is -2.21. The summed E-state index contributed by atoms with van der Waals surface area (Å²) in [6, 6.07) is 15.9. The van der Waals surface area contributed by atoms with Gasteiger partial charge in [-0.05, 0) is 55.8 Å². The first-order valence-corrected chi connectivity index (χ1v) is 11.7. The Kier molecular flexibility index (Phi) is 8.10. The third-order valence-electron chi connectivity index (χ3n) is 4.63. The van der Waals surface area contributed by atoms with Crippen LogP contribution in [0.15, 0.2) is 74.3 Å². The maximum absolute atomic E-state index is 4.34. The average molecular weight is 485 g/mol. The molecule has 0 aliphatic heterocycles. The van der Waals surface area contributed by atoms with Crippen molar-refractivity contribution in [2.45, 2.75) is 13.8 Å². The summed E-state index contributed by atoms with van der Waals surface area (Å²) in [6.07, 6.45) is 1.74. The Hall–Kier alpha value is -2.58. The molecule has 0 atom stereocenters. The van der Waals surface area contributed by atoms with Crippen molar-refractivity contribution in [1.29, 1.82) is 0 Å². The number of halogens is 1. The predicted octanol–water partition coefficient (Wildman–Crippen LogP) is 5.97. The lowest BCUT2D eigenvalue weighted by molar-refractivity contribution is 0.820. The number of thiazole rings is 1. The molecule has 30 heavy (non-hydrogen) atoms. The molecule has 156 valence electrons. The predicted molar refractivity (Wildman–Crippen MR) is 130 cm³/mol. The van der Waals surface area contributed by atoms with E-state index in [-0.39, 0.29) is 0 Å². The van der Waals surface area contributed by atoms with Crippen molar-refractivity contribution in [3.05, 3.63) is 70.0 Å². The molecule has 0 N–H and O–H groups in total. The Labute approximate surface area is 189 Å². The SMILES string of the molecule is CCN(CCBr)c1ccc(N=Nc2ccc(C=N/N=c3/scc(C)n3C)cc2)cc1. The van der Waals surface area contributed by atoms with Gasteiger partial charge < -0.3 is 9.47 Å². The van der Waals surface area contributed by atoms with Gasteiger partial charge in [0.1, 0.15) is 0 Å². The van der Waals surface area contributed by atoms with Crippen molar-refractivity contribution >= 4 is 50.5 Å². The second-order valence-corrected chi connectivity index (χ2v) is 8.27. The summed E-state index contributed by atoms with van der Waals surface area (Å²) in [4.78, 5) is 3.18. The van der Waals surface area contributed by atoms with Crippen LogP contribution in [0, 0.1) is 6.92 Å². The van der Waals surface area contributed by atoms with Crippen LogP contribution in [0.2, 0.25) is 0 Å². The van der Waals surface area contributed by atoms with Gasteiger partial charge in [-0.15, -0.1) is 16.4 Å². The molecule has 2 aromatic carbocycles. The number of benzene rings is 2. The number of aromatic nitrogens is 1. The van der Waals surface area contributed by atoms with Crippen LogP contribution in [0.1, 0.15) is 18.2 Å². The van der Waals surface area contributed by atoms with Crippen LogP contribution in [-0.2, 0) is 7.05 Å². The number of nitrogens with zero attached hydrogens (tertiary/aromatic N) is 6. The molecule has 0 unspecified atom stereocenters. The third kappa shape index (κ3) is 5.96. The van der Waals surface area contributed by atoms with Crippen molar-refractivity contribution in [2.24, 2.45) is 27.5 Å². The van der Waals surface area contributed by atoms with Gasteiger partial charge in [-0.2, -0.15) is 15.3 Å². The molecule has 0 aliphatic carbocycles. The Morgan fingerprint density at radius 3 is 2.20 bits per heavy atom. The van der Waals surface area contributed by atoms with E-state index in [2.05, 4.69) is 65.7 Å². The molecule has 1 heterocycles. The van der Waals surface area contributed by atoms with Crippen molar-refractivity contribution in [2.75, 3.05) is 23.3 Å². The van der Waals surface area contributed by atoms with Gasteiger partial charge in [-0.3, -0.25) is 0 Å². The zero-order valence-electron chi connectivity index (χ0n) is 17.4. The van der Waals surface area contributed by atoms with E-state index in [1.807, 2.05) is 54.9 Å². The molecule has 0 aliphatic rings. The van der Waals surface area contributed by atoms with E-state index in [0.29, 0.717) is 0 Å². The van der Waals surface area contributed by atoms with Crippen molar-refractivity contribution in [1.82, 2.24) is 4.57 Å². The van der Waals surface area contributed by atoms with Crippen LogP contribution >= 0.6 is 27.3 Å². The van der Waals surface area contributed by atoms with E-state index in [4.69, 9.17) is 0 Å². The molecule has 0 fully saturated rings. The van der Waals surface area contributed by atoms with E-state index in [1.54, 1.807) is 17.6 Å². The first kappa shape index (κ1) is 22.1. The average Bonchev–Trinajstić information content (AvgIpc) is 3.09. The Bertz CT molecular complexity index is 1060. The standard InChI is InChI=1S/C22H25BrN6S/c1-4-29(14-13-23)21-11-9-20(10-12-21)26-25-19-7-5-18(6-8-19)15-24-27-22-28(3)17(2)16-30-22/h5-12,15-16H,4,13-14H2,1-3H3/b24-15?,26-25?,27-22+. The largest absolute Gasteiger partial charge is 0.371 e. The number of aryl methyl sites for hydroxylation is 1. The molecule has 0 spiro atoms. The molecule has 6 nitrogen and oxygen atoms in total. The summed E-state index contributed by atoms with van der Waals surface area (Å²) in [7, 11) is 1.98. The Balaban J connectivity index is 1.62. The summed E-state index contributed by atoms with van der Waals surface area (Å²) in [6.45, 7) is 6.15. The summed E-state index contributed by atoms with van der Waals surface area (Å²) in [5, 5.41) is 20.1. The van der Waals surface area contributed by atoms with Crippen LogP contribution in [0.4, 0.5) is 17.1 Å². The highest BCUT2D eigenvalue weighted by Gasteiger charge is 2.02. The van der Waals surface area contributed by atoms with Crippen LogP contribution < -0.4 is 9.70 Å². The van der Waals surface area contributed by atoms with Gasteiger partial charge in [0.15, 0.2) is 0 Å². The minimum Gasteiger partial charge on any atom is -0.371 e. The topological polar surface area (TPSA) is 57.6 Å². The molecule has 3 aromatic rings. The quantitative estimate of drug-likeness (QED) is 0.168. The van der Waals surface area contributed by atoms with Crippen molar-refractivity contribution < 1.29 is 0 Å². The first-order valence-electron chi connectivity index (χ1n) is 9.71. The fourth-order valence-electron chi connectivity index (χ4n) is 2.73. The number of hydrogen-bond acceptors (Lipinski definition) is 6. The maximum atomic E-state index is 4.34. The molecule has 0 amide bonds.